The third-order valence-electron chi connectivity index (χ3n) is 3.76. The van der Waals surface area contributed by atoms with Crippen LogP contribution in [0.5, 0.6) is 0 Å². The van der Waals surface area contributed by atoms with Crippen LogP contribution in [0, 0.1) is 6.92 Å². The highest BCUT2D eigenvalue weighted by Crippen LogP contribution is 2.46. The molecule has 2 heterocycles. The van der Waals surface area contributed by atoms with Gasteiger partial charge in [0.25, 0.3) is 5.56 Å². The van der Waals surface area contributed by atoms with Gasteiger partial charge in [-0.3, -0.25) is 4.79 Å². The van der Waals surface area contributed by atoms with Gasteiger partial charge in [-0.1, -0.05) is 53.7 Å². The number of aromatic amines is 1. The van der Waals surface area contributed by atoms with Crippen molar-refractivity contribution in [3.8, 4) is 11.1 Å². The predicted molar refractivity (Wildman–Crippen MR) is 91.1 cm³/mol. The highest BCUT2D eigenvalue weighted by molar-refractivity contribution is 7.99. The van der Waals surface area contributed by atoms with Gasteiger partial charge in [0, 0.05) is 11.1 Å². The van der Waals surface area contributed by atoms with E-state index in [0.717, 1.165) is 26.7 Å². The number of aryl methyl sites for hydroxylation is 1. The molecule has 4 heteroatoms. The van der Waals surface area contributed by atoms with Crippen molar-refractivity contribution in [2.45, 2.75) is 16.7 Å². The number of hydrogen-bond acceptors (Lipinski definition) is 3. The molecule has 0 saturated carbocycles. The number of nitrogens with one attached hydrogen (secondary N) is 2. The van der Waals surface area contributed by atoms with E-state index in [1.807, 2.05) is 49.4 Å². The van der Waals surface area contributed by atoms with E-state index < -0.39 is 0 Å². The summed E-state index contributed by atoms with van der Waals surface area (Å²) in [5.41, 5.74) is 4.65. The molecule has 0 aliphatic carbocycles. The molecule has 0 amide bonds. The Balaban J connectivity index is 1.91. The fourth-order valence-corrected chi connectivity index (χ4v) is 3.61. The molecule has 0 spiro atoms. The van der Waals surface area contributed by atoms with Crippen LogP contribution in [0.2, 0.25) is 0 Å². The minimum Gasteiger partial charge on any atom is -0.353 e. The molecule has 3 nitrogen and oxygen atoms in total. The quantitative estimate of drug-likeness (QED) is 0.542. The predicted octanol–water partition coefficient (Wildman–Crippen LogP) is 4.56. The maximum Gasteiger partial charge on any atom is 0.258 e. The van der Waals surface area contributed by atoms with Gasteiger partial charge in [-0.15, -0.1) is 0 Å². The topological polar surface area (TPSA) is 44.9 Å². The second-order valence-corrected chi connectivity index (χ2v) is 6.41. The normalized spacial score (nSPS) is 12.2. The van der Waals surface area contributed by atoms with Gasteiger partial charge in [0.2, 0.25) is 0 Å². The summed E-state index contributed by atoms with van der Waals surface area (Å²) in [6.07, 6.45) is 1.78. The number of para-hydroxylation sites is 1. The number of fused-ring (bicyclic) bond motifs is 2. The molecule has 0 saturated heterocycles. The molecule has 0 radical (unpaired) electrons. The van der Waals surface area contributed by atoms with Gasteiger partial charge in [0.1, 0.15) is 0 Å². The maximum atomic E-state index is 12.4. The first-order chi connectivity index (χ1) is 10.7. The van der Waals surface area contributed by atoms with Crippen molar-refractivity contribution in [1.82, 2.24) is 4.98 Å². The minimum atomic E-state index is -0.0740. The lowest BCUT2D eigenvalue weighted by molar-refractivity contribution is 1.16. The summed E-state index contributed by atoms with van der Waals surface area (Å²) in [5.74, 6) is 0. The number of pyridine rings is 1. The Kier molecular flexibility index (Phi) is 3.05. The SMILES string of the molecule is Cc1ccc(-c2c3c(c[nH]c2=O)Sc2ccccc2N3)cc1. The Bertz CT molecular complexity index is 913. The molecule has 0 fully saturated rings. The van der Waals surface area contributed by atoms with E-state index in [1.165, 1.54) is 5.56 Å². The van der Waals surface area contributed by atoms with Gasteiger partial charge in [-0.05, 0) is 24.6 Å². The standard InChI is InChI=1S/C18H14N2OS/c1-11-6-8-12(9-7-11)16-17-15(10-19-18(16)21)22-14-5-3-2-4-13(14)20-17/h2-10,20H,1H3,(H,19,21). The minimum absolute atomic E-state index is 0.0740. The molecule has 0 atom stereocenters. The summed E-state index contributed by atoms with van der Waals surface area (Å²) in [6.45, 7) is 2.04. The van der Waals surface area contributed by atoms with Crippen molar-refractivity contribution < 1.29 is 0 Å². The number of aromatic nitrogens is 1. The van der Waals surface area contributed by atoms with Crippen LogP contribution in [0.4, 0.5) is 11.4 Å². The van der Waals surface area contributed by atoms with Crippen LogP contribution in [0.3, 0.4) is 0 Å². The van der Waals surface area contributed by atoms with Crippen LogP contribution in [0.15, 0.2) is 69.3 Å². The summed E-state index contributed by atoms with van der Waals surface area (Å²) >= 11 is 1.67. The molecular weight excluding hydrogens is 292 g/mol. The smallest absolute Gasteiger partial charge is 0.258 e. The van der Waals surface area contributed by atoms with Crippen molar-refractivity contribution in [3.05, 3.63) is 70.6 Å². The zero-order valence-electron chi connectivity index (χ0n) is 12.0. The van der Waals surface area contributed by atoms with Gasteiger partial charge >= 0.3 is 0 Å². The van der Waals surface area contributed by atoms with E-state index in [-0.39, 0.29) is 5.56 Å². The molecule has 0 bridgehead atoms. The van der Waals surface area contributed by atoms with Gasteiger partial charge < -0.3 is 10.3 Å². The van der Waals surface area contributed by atoms with E-state index in [4.69, 9.17) is 0 Å². The molecular formula is C18H14N2OS. The Hall–Kier alpha value is -2.46. The van der Waals surface area contributed by atoms with E-state index in [9.17, 15) is 4.79 Å². The van der Waals surface area contributed by atoms with E-state index in [1.54, 1.807) is 18.0 Å². The second-order valence-electron chi connectivity index (χ2n) is 5.32. The molecule has 1 aliphatic heterocycles. The summed E-state index contributed by atoms with van der Waals surface area (Å²) in [4.78, 5) is 17.4. The molecule has 4 rings (SSSR count). The van der Waals surface area contributed by atoms with E-state index in [2.05, 4.69) is 16.4 Å². The third-order valence-corrected chi connectivity index (χ3v) is 4.88. The largest absolute Gasteiger partial charge is 0.353 e. The lowest BCUT2D eigenvalue weighted by Gasteiger charge is -2.22. The summed E-state index contributed by atoms with van der Waals surface area (Å²) < 4.78 is 0. The zero-order chi connectivity index (χ0) is 15.1. The number of anilines is 2. The van der Waals surface area contributed by atoms with Crippen molar-refractivity contribution in [2.75, 3.05) is 5.32 Å². The average molecular weight is 306 g/mol. The van der Waals surface area contributed by atoms with Crippen molar-refractivity contribution in [2.24, 2.45) is 0 Å². The van der Waals surface area contributed by atoms with Crippen molar-refractivity contribution in [1.29, 1.82) is 0 Å². The van der Waals surface area contributed by atoms with Crippen LogP contribution in [-0.4, -0.2) is 4.98 Å². The Morgan fingerprint density at radius 1 is 0.955 bits per heavy atom. The van der Waals surface area contributed by atoms with Crippen LogP contribution in [-0.2, 0) is 0 Å². The second kappa shape index (κ2) is 5.07. The summed E-state index contributed by atoms with van der Waals surface area (Å²) in [5, 5.41) is 3.42. The molecule has 1 aliphatic rings. The lowest BCUT2D eigenvalue weighted by Crippen LogP contribution is -2.14. The lowest BCUT2D eigenvalue weighted by atomic mass is 10.0. The van der Waals surface area contributed by atoms with Gasteiger partial charge in [0.05, 0.1) is 21.8 Å². The zero-order valence-corrected chi connectivity index (χ0v) is 12.8. The van der Waals surface area contributed by atoms with Crippen LogP contribution >= 0.6 is 11.8 Å². The Labute approximate surface area is 132 Å². The van der Waals surface area contributed by atoms with Crippen LogP contribution < -0.4 is 10.9 Å². The highest BCUT2D eigenvalue weighted by atomic mass is 32.2. The molecule has 108 valence electrons. The van der Waals surface area contributed by atoms with E-state index in [0.29, 0.717) is 5.56 Å². The monoisotopic (exact) mass is 306 g/mol. The van der Waals surface area contributed by atoms with Crippen molar-refractivity contribution >= 4 is 23.1 Å². The van der Waals surface area contributed by atoms with E-state index >= 15 is 0 Å². The number of rotatable bonds is 1. The third kappa shape index (κ3) is 2.12. The molecule has 22 heavy (non-hydrogen) atoms. The van der Waals surface area contributed by atoms with Crippen LogP contribution in [0.1, 0.15) is 5.56 Å². The molecule has 2 N–H and O–H groups in total. The molecule has 3 aromatic rings. The molecule has 2 aromatic carbocycles. The van der Waals surface area contributed by atoms with Gasteiger partial charge in [0.15, 0.2) is 0 Å². The maximum absolute atomic E-state index is 12.4. The number of H-pyrrole nitrogens is 1. The first-order valence-electron chi connectivity index (χ1n) is 7.09. The van der Waals surface area contributed by atoms with Crippen LogP contribution in [0.25, 0.3) is 11.1 Å². The highest BCUT2D eigenvalue weighted by Gasteiger charge is 2.21. The Morgan fingerprint density at radius 3 is 2.55 bits per heavy atom. The number of hydrogen-bond donors (Lipinski definition) is 2. The Morgan fingerprint density at radius 2 is 1.73 bits per heavy atom. The fourth-order valence-electron chi connectivity index (χ4n) is 2.62. The fraction of sp³-hybridized carbons (Fsp3) is 0.0556. The first-order valence-corrected chi connectivity index (χ1v) is 7.90. The van der Waals surface area contributed by atoms with Gasteiger partial charge in [-0.25, -0.2) is 0 Å². The number of benzene rings is 2. The molecule has 0 unspecified atom stereocenters. The average Bonchev–Trinajstić information content (AvgIpc) is 2.54. The summed E-state index contributed by atoms with van der Waals surface area (Å²) in [6, 6.07) is 16.2. The summed E-state index contributed by atoms with van der Waals surface area (Å²) in [7, 11) is 0. The molecule has 1 aromatic heterocycles. The van der Waals surface area contributed by atoms with Crippen molar-refractivity contribution in [3.63, 3.8) is 0 Å². The first kappa shape index (κ1) is 13.2. The van der Waals surface area contributed by atoms with Gasteiger partial charge in [-0.2, -0.15) is 0 Å².